The fourth-order valence-corrected chi connectivity index (χ4v) is 1.34. The van der Waals surface area contributed by atoms with E-state index in [-0.39, 0.29) is 6.04 Å². The van der Waals surface area contributed by atoms with Crippen LogP contribution in [-0.4, -0.2) is 14.1 Å². The predicted octanol–water partition coefficient (Wildman–Crippen LogP) is 1.09. The molecule has 0 heterocycles. The van der Waals surface area contributed by atoms with Crippen LogP contribution in [0.3, 0.4) is 0 Å². The molecule has 1 rings (SSSR count). The van der Waals surface area contributed by atoms with Crippen LogP contribution >= 0.6 is 0 Å². The van der Waals surface area contributed by atoms with Gasteiger partial charge in [-0.15, -0.1) is 0 Å². The van der Waals surface area contributed by atoms with Crippen molar-refractivity contribution >= 4 is 11.4 Å². The molecule has 0 saturated heterocycles. The number of rotatable bonds is 3. The monoisotopic (exact) mass is 190 g/mol. The van der Waals surface area contributed by atoms with Crippen molar-refractivity contribution in [3.8, 4) is 6.07 Å². The van der Waals surface area contributed by atoms with Gasteiger partial charge in [-0.2, -0.15) is 5.26 Å². The largest absolute Gasteiger partial charge is 0.399 e. The smallest absolute Gasteiger partial charge is 0.123 e. The molecule has 4 nitrogen and oxygen atoms in total. The molecule has 1 unspecified atom stereocenters. The zero-order chi connectivity index (χ0) is 10.6. The molecule has 4 heteroatoms. The summed E-state index contributed by atoms with van der Waals surface area (Å²) < 4.78 is 0. The van der Waals surface area contributed by atoms with Gasteiger partial charge in [0.15, 0.2) is 0 Å². The molecule has 0 aliphatic rings. The second kappa shape index (κ2) is 4.49. The second-order valence-corrected chi connectivity index (χ2v) is 2.95. The van der Waals surface area contributed by atoms with Crippen molar-refractivity contribution in [1.82, 2.24) is 5.32 Å². The van der Waals surface area contributed by atoms with Crippen molar-refractivity contribution in [2.75, 3.05) is 25.1 Å². The maximum Gasteiger partial charge on any atom is 0.123 e. The van der Waals surface area contributed by atoms with Gasteiger partial charge >= 0.3 is 0 Å². The third kappa shape index (κ3) is 1.95. The highest BCUT2D eigenvalue weighted by atomic mass is 14.9. The van der Waals surface area contributed by atoms with Gasteiger partial charge < -0.3 is 16.4 Å². The molecule has 0 bridgehead atoms. The van der Waals surface area contributed by atoms with Gasteiger partial charge in [-0.25, -0.2) is 0 Å². The highest BCUT2D eigenvalue weighted by Gasteiger charge is 2.11. The summed E-state index contributed by atoms with van der Waals surface area (Å²) in [7, 11) is 3.57. The Morgan fingerprint density at radius 2 is 2.14 bits per heavy atom. The summed E-state index contributed by atoms with van der Waals surface area (Å²) in [6, 6.07) is 7.31. The molecule has 1 atom stereocenters. The number of nitrogens with zero attached hydrogens (tertiary/aromatic N) is 1. The normalized spacial score (nSPS) is 11.8. The Balaban J connectivity index is 3.16. The van der Waals surface area contributed by atoms with E-state index in [1.165, 1.54) is 0 Å². The topological polar surface area (TPSA) is 73.9 Å². The van der Waals surface area contributed by atoms with Gasteiger partial charge in [0.1, 0.15) is 6.04 Å². The Labute approximate surface area is 83.7 Å². The summed E-state index contributed by atoms with van der Waals surface area (Å²) in [5.74, 6) is 0. The average Bonchev–Trinajstić information content (AvgIpc) is 2.20. The third-order valence-electron chi connectivity index (χ3n) is 2.07. The third-order valence-corrected chi connectivity index (χ3v) is 2.07. The molecular weight excluding hydrogens is 176 g/mol. The summed E-state index contributed by atoms with van der Waals surface area (Å²) in [6.07, 6.45) is 0. The maximum atomic E-state index is 8.91. The zero-order valence-corrected chi connectivity index (χ0v) is 8.33. The van der Waals surface area contributed by atoms with Crippen molar-refractivity contribution < 1.29 is 0 Å². The van der Waals surface area contributed by atoms with Crippen LogP contribution < -0.4 is 16.4 Å². The minimum absolute atomic E-state index is 0.332. The Hall–Kier alpha value is -1.73. The van der Waals surface area contributed by atoms with Crippen molar-refractivity contribution in [2.24, 2.45) is 0 Å². The van der Waals surface area contributed by atoms with Gasteiger partial charge in [0.05, 0.1) is 6.07 Å². The van der Waals surface area contributed by atoms with Crippen LogP contribution in [0.1, 0.15) is 11.6 Å². The average molecular weight is 190 g/mol. The maximum absolute atomic E-state index is 8.91. The number of hydrogen-bond acceptors (Lipinski definition) is 4. The predicted molar refractivity (Wildman–Crippen MR) is 57.8 cm³/mol. The summed E-state index contributed by atoms with van der Waals surface area (Å²) >= 11 is 0. The Morgan fingerprint density at radius 1 is 1.43 bits per heavy atom. The van der Waals surface area contributed by atoms with Gasteiger partial charge in [-0.3, -0.25) is 0 Å². The van der Waals surface area contributed by atoms with E-state index in [1.807, 2.05) is 13.1 Å². The van der Waals surface area contributed by atoms with Gasteiger partial charge in [0.25, 0.3) is 0 Å². The van der Waals surface area contributed by atoms with Crippen molar-refractivity contribution in [3.05, 3.63) is 23.8 Å². The van der Waals surface area contributed by atoms with E-state index in [4.69, 9.17) is 11.0 Å². The van der Waals surface area contributed by atoms with Gasteiger partial charge in [0.2, 0.25) is 0 Å². The SMILES string of the molecule is CNc1ccc(N)cc1C(C#N)NC. The quantitative estimate of drug-likeness (QED) is 0.624. The molecule has 0 aromatic heterocycles. The molecule has 0 fully saturated rings. The molecule has 1 aromatic rings. The van der Waals surface area contributed by atoms with Crippen molar-refractivity contribution in [3.63, 3.8) is 0 Å². The van der Waals surface area contributed by atoms with E-state index in [0.29, 0.717) is 5.69 Å². The molecule has 1 aromatic carbocycles. The van der Waals surface area contributed by atoms with Crippen LogP contribution in [0.2, 0.25) is 0 Å². The molecule has 0 aliphatic carbocycles. The molecule has 0 saturated carbocycles. The molecular formula is C10H14N4. The summed E-state index contributed by atoms with van der Waals surface area (Å²) in [5, 5.41) is 14.8. The lowest BCUT2D eigenvalue weighted by Crippen LogP contribution is -2.16. The van der Waals surface area contributed by atoms with Gasteiger partial charge in [-0.05, 0) is 25.2 Å². The molecule has 4 N–H and O–H groups in total. The number of nitriles is 1. The lowest BCUT2D eigenvalue weighted by Gasteiger charge is -2.14. The number of benzene rings is 1. The fraction of sp³-hybridized carbons (Fsp3) is 0.300. The first-order chi connectivity index (χ1) is 6.72. The fourth-order valence-electron chi connectivity index (χ4n) is 1.34. The Morgan fingerprint density at radius 3 is 2.64 bits per heavy atom. The highest BCUT2D eigenvalue weighted by molar-refractivity contribution is 5.60. The van der Waals surface area contributed by atoms with Crippen molar-refractivity contribution in [2.45, 2.75) is 6.04 Å². The summed E-state index contributed by atoms with van der Waals surface area (Å²) in [4.78, 5) is 0. The highest BCUT2D eigenvalue weighted by Crippen LogP contribution is 2.24. The zero-order valence-electron chi connectivity index (χ0n) is 8.33. The van der Waals surface area contributed by atoms with E-state index in [2.05, 4.69) is 16.7 Å². The molecule has 0 amide bonds. The van der Waals surface area contributed by atoms with E-state index in [1.54, 1.807) is 19.2 Å². The standard InChI is InChI=1S/C10H14N4/c1-13-9-4-3-7(12)5-8(9)10(6-11)14-2/h3-5,10,13-14H,12H2,1-2H3. The number of hydrogen-bond donors (Lipinski definition) is 3. The number of nitrogen functional groups attached to an aromatic ring is 1. The Bertz CT molecular complexity index is 354. The molecule has 0 spiro atoms. The number of nitrogens with two attached hydrogens (primary N) is 1. The lowest BCUT2D eigenvalue weighted by molar-refractivity contribution is 0.729. The molecule has 14 heavy (non-hydrogen) atoms. The minimum Gasteiger partial charge on any atom is -0.399 e. The second-order valence-electron chi connectivity index (χ2n) is 2.95. The summed E-state index contributed by atoms with van der Waals surface area (Å²) in [5.41, 5.74) is 8.12. The van der Waals surface area contributed by atoms with Crippen LogP contribution in [0.25, 0.3) is 0 Å². The number of nitrogens with one attached hydrogen (secondary N) is 2. The minimum atomic E-state index is -0.332. The van der Waals surface area contributed by atoms with Crippen LogP contribution in [0, 0.1) is 11.3 Å². The van der Waals surface area contributed by atoms with Crippen LogP contribution in [0.15, 0.2) is 18.2 Å². The molecule has 74 valence electrons. The molecule has 0 aliphatic heterocycles. The van der Waals surface area contributed by atoms with E-state index >= 15 is 0 Å². The first kappa shape index (κ1) is 10.4. The lowest BCUT2D eigenvalue weighted by atomic mass is 10.0. The van der Waals surface area contributed by atoms with Gasteiger partial charge in [-0.1, -0.05) is 0 Å². The van der Waals surface area contributed by atoms with E-state index < -0.39 is 0 Å². The summed E-state index contributed by atoms with van der Waals surface area (Å²) in [6.45, 7) is 0. The van der Waals surface area contributed by atoms with Crippen LogP contribution in [0.4, 0.5) is 11.4 Å². The van der Waals surface area contributed by atoms with Crippen molar-refractivity contribution in [1.29, 1.82) is 5.26 Å². The van der Waals surface area contributed by atoms with Gasteiger partial charge in [0, 0.05) is 24.0 Å². The number of anilines is 2. The first-order valence-corrected chi connectivity index (χ1v) is 4.37. The van der Waals surface area contributed by atoms with E-state index in [9.17, 15) is 0 Å². The van der Waals surface area contributed by atoms with Crippen LogP contribution in [-0.2, 0) is 0 Å². The first-order valence-electron chi connectivity index (χ1n) is 4.37. The Kier molecular flexibility index (Phi) is 3.32. The van der Waals surface area contributed by atoms with E-state index in [0.717, 1.165) is 11.3 Å². The molecule has 0 radical (unpaired) electrons. The van der Waals surface area contributed by atoms with Crippen LogP contribution in [0.5, 0.6) is 0 Å².